The molecule has 1 aliphatic rings. The maximum absolute atomic E-state index is 12.0. The molecular formula is C17H17ClN2O2. The van der Waals surface area contributed by atoms with Gasteiger partial charge in [0.25, 0.3) is 0 Å². The first-order chi connectivity index (χ1) is 10.7. The number of amides is 2. The minimum Gasteiger partial charge on any atom is -0.491 e. The van der Waals surface area contributed by atoms with Crippen LogP contribution in [0.1, 0.15) is 11.1 Å². The van der Waals surface area contributed by atoms with Crippen molar-refractivity contribution >= 4 is 17.6 Å². The number of carbonyl (C=O) groups is 1. The Labute approximate surface area is 134 Å². The lowest BCUT2D eigenvalue weighted by molar-refractivity contribution is 0.214. The van der Waals surface area contributed by atoms with Crippen molar-refractivity contribution in [1.82, 2.24) is 10.6 Å². The summed E-state index contributed by atoms with van der Waals surface area (Å²) in [4.78, 5) is 12.0. The second-order valence-electron chi connectivity index (χ2n) is 5.28. The Morgan fingerprint density at radius 1 is 1.23 bits per heavy atom. The van der Waals surface area contributed by atoms with Crippen LogP contribution in [0.3, 0.4) is 0 Å². The fourth-order valence-electron chi connectivity index (χ4n) is 2.49. The van der Waals surface area contributed by atoms with Gasteiger partial charge in [-0.2, -0.15) is 0 Å². The molecule has 0 aromatic heterocycles. The summed E-state index contributed by atoms with van der Waals surface area (Å²) in [6.45, 7) is 0.929. The molecule has 4 nitrogen and oxygen atoms in total. The van der Waals surface area contributed by atoms with E-state index in [9.17, 15) is 4.79 Å². The molecule has 1 atom stereocenters. The fraction of sp³-hybridized carbons (Fsp3) is 0.235. The van der Waals surface area contributed by atoms with E-state index in [1.54, 1.807) is 0 Å². The molecule has 0 fully saturated rings. The lowest BCUT2D eigenvalue weighted by atomic mass is 10.0. The Bertz CT molecular complexity index is 675. The van der Waals surface area contributed by atoms with Gasteiger partial charge >= 0.3 is 6.03 Å². The molecule has 0 saturated heterocycles. The Hall–Kier alpha value is -2.20. The molecular weight excluding hydrogens is 300 g/mol. The predicted octanol–water partition coefficient (Wildman–Crippen LogP) is 3.14. The fourth-order valence-corrected chi connectivity index (χ4v) is 2.70. The molecule has 0 radical (unpaired) electrons. The van der Waals surface area contributed by atoms with E-state index in [0.717, 1.165) is 23.3 Å². The molecule has 114 valence electrons. The van der Waals surface area contributed by atoms with Crippen LogP contribution in [0.25, 0.3) is 0 Å². The van der Waals surface area contributed by atoms with Crippen LogP contribution in [-0.4, -0.2) is 18.7 Å². The van der Waals surface area contributed by atoms with Gasteiger partial charge in [-0.15, -0.1) is 0 Å². The third kappa shape index (κ3) is 3.71. The SMILES string of the molecule is O=C(NCc1cccc(Cl)c1)N[C@H]1COc2ccccc2C1. The van der Waals surface area contributed by atoms with Crippen LogP contribution in [0.4, 0.5) is 4.79 Å². The molecule has 1 aliphatic heterocycles. The highest BCUT2D eigenvalue weighted by molar-refractivity contribution is 6.30. The number of urea groups is 1. The molecule has 2 aromatic rings. The number of ether oxygens (including phenoxy) is 1. The molecule has 0 unspecified atom stereocenters. The van der Waals surface area contributed by atoms with E-state index >= 15 is 0 Å². The van der Waals surface area contributed by atoms with Crippen LogP contribution in [0, 0.1) is 0 Å². The van der Waals surface area contributed by atoms with Crippen molar-refractivity contribution in [3.63, 3.8) is 0 Å². The summed E-state index contributed by atoms with van der Waals surface area (Å²) in [6, 6.07) is 15.1. The highest BCUT2D eigenvalue weighted by Crippen LogP contribution is 2.23. The Kier molecular flexibility index (Phi) is 4.49. The van der Waals surface area contributed by atoms with Gasteiger partial charge in [-0.25, -0.2) is 4.79 Å². The van der Waals surface area contributed by atoms with Gasteiger partial charge in [0.15, 0.2) is 0 Å². The van der Waals surface area contributed by atoms with Gasteiger partial charge < -0.3 is 15.4 Å². The summed E-state index contributed by atoms with van der Waals surface area (Å²) in [5.74, 6) is 0.903. The number of carbonyl (C=O) groups excluding carboxylic acids is 1. The van der Waals surface area contributed by atoms with Crippen molar-refractivity contribution in [2.75, 3.05) is 6.61 Å². The number of hydrogen-bond acceptors (Lipinski definition) is 2. The summed E-state index contributed by atoms with van der Waals surface area (Å²) in [7, 11) is 0. The number of para-hydroxylation sites is 1. The molecule has 5 heteroatoms. The molecule has 2 aromatic carbocycles. The van der Waals surface area contributed by atoms with Gasteiger partial charge in [-0.1, -0.05) is 41.9 Å². The van der Waals surface area contributed by atoms with Crippen LogP contribution in [0.5, 0.6) is 5.75 Å². The van der Waals surface area contributed by atoms with Crippen LogP contribution in [0.15, 0.2) is 48.5 Å². The van der Waals surface area contributed by atoms with Crippen LogP contribution >= 0.6 is 11.6 Å². The Morgan fingerprint density at radius 3 is 2.95 bits per heavy atom. The minimum absolute atomic E-state index is 0.0192. The summed E-state index contributed by atoms with van der Waals surface area (Å²) in [5, 5.41) is 6.43. The lowest BCUT2D eigenvalue weighted by Crippen LogP contribution is -2.47. The highest BCUT2D eigenvalue weighted by atomic mass is 35.5. The van der Waals surface area contributed by atoms with Gasteiger partial charge in [0.05, 0.1) is 6.04 Å². The zero-order valence-electron chi connectivity index (χ0n) is 12.0. The van der Waals surface area contributed by atoms with Crippen molar-refractivity contribution in [3.05, 3.63) is 64.7 Å². The monoisotopic (exact) mass is 316 g/mol. The van der Waals surface area contributed by atoms with Gasteiger partial charge in [-0.05, 0) is 35.7 Å². The normalized spacial score (nSPS) is 16.3. The summed E-state index contributed by atoms with van der Waals surface area (Å²) >= 11 is 5.92. The summed E-state index contributed by atoms with van der Waals surface area (Å²) in [5.41, 5.74) is 2.08. The van der Waals surface area contributed by atoms with E-state index in [1.807, 2.05) is 48.5 Å². The molecule has 22 heavy (non-hydrogen) atoms. The van der Waals surface area contributed by atoms with Gasteiger partial charge in [0.1, 0.15) is 12.4 Å². The van der Waals surface area contributed by atoms with Gasteiger partial charge in [-0.3, -0.25) is 0 Å². The minimum atomic E-state index is -0.201. The maximum Gasteiger partial charge on any atom is 0.315 e. The summed E-state index contributed by atoms with van der Waals surface area (Å²) in [6.07, 6.45) is 0.779. The molecule has 0 saturated carbocycles. The average molecular weight is 317 g/mol. The van der Waals surface area contributed by atoms with Crippen LogP contribution in [0.2, 0.25) is 5.02 Å². The van der Waals surface area contributed by atoms with E-state index in [4.69, 9.17) is 16.3 Å². The van der Waals surface area contributed by atoms with E-state index < -0.39 is 0 Å². The maximum atomic E-state index is 12.0. The first-order valence-electron chi connectivity index (χ1n) is 7.20. The van der Waals surface area contributed by atoms with E-state index in [0.29, 0.717) is 18.2 Å². The molecule has 3 rings (SSSR count). The number of benzene rings is 2. The Balaban J connectivity index is 1.50. The van der Waals surface area contributed by atoms with Crippen LogP contribution in [-0.2, 0) is 13.0 Å². The van der Waals surface area contributed by atoms with Crippen molar-refractivity contribution in [2.24, 2.45) is 0 Å². The molecule has 0 aliphatic carbocycles. The van der Waals surface area contributed by atoms with Crippen molar-refractivity contribution in [3.8, 4) is 5.75 Å². The number of halogens is 1. The second-order valence-corrected chi connectivity index (χ2v) is 5.71. The number of fused-ring (bicyclic) bond motifs is 1. The van der Waals surface area contributed by atoms with E-state index in [-0.39, 0.29) is 12.1 Å². The zero-order valence-corrected chi connectivity index (χ0v) is 12.8. The zero-order chi connectivity index (χ0) is 15.4. The topological polar surface area (TPSA) is 50.4 Å². The molecule has 2 N–H and O–H groups in total. The number of hydrogen-bond donors (Lipinski definition) is 2. The third-order valence-corrected chi connectivity index (χ3v) is 3.79. The molecule has 1 heterocycles. The molecule has 0 spiro atoms. The predicted molar refractivity (Wildman–Crippen MR) is 86.3 cm³/mol. The van der Waals surface area contributed by atoms with Crippen molar-refractivity contribution < 1.29 is 9.53 Å². The van der Waals surface area contributed by atoms with Crippen LogP contribution < -0.4 is 15.4 Å². The van der Waals surface area contributed by atoms with Gasteiger partial charge in [0, 0.05) is 11.6 Å². The quantitative estimate of drug-likeness (QED) is 0.914. The number of nitrogens with one attached hydrogen (secondary N) is 2. The first-order valence-corrected chi connectivity index (χ1v) is 7.58. The lowest BCUT2D eigenvalue weighted by Gasteiger charge is -2.26. The standard InChI is InChI=1S/C17H17ClN2O2/c18-14-6-3-4-12(8-14)10-19-17(21)20-15-9-13-5-1-2-7-16(13)22-11-15/h1-8,15H,9-11H2,(H2,19,20,21)/t15-/m1/s1. The number of rotatable bonds is 3. The summed E-state index contributed by atoms with van der Waals surface area (Å²) < 4.78 is 5.66. The first kappa shape index (κ1) is 14.7. The molecule has 2 amide bonds. The van der Waals surface area contributed by atoms with E-state index in [2.05, 4.69) is 10.6 Å². The van der Waals surface area contributed by atoms with E-state index in [1.165, 1.54) is 0 Å². The Morgan fingerprint density at radius 2 is 2.09 bits per heavy atom. The largest absolute Gasteiger partial charge is 0.491 e. The smallest absolute Gasteiger partial charge is 0.315 e. The highest BCUT2D eigenvalue weighted by Gasteiger charge is 2.20. The third-order valence-electron chi connectivity index (χ3n) is 3.56. The van der Waals surface area contributed by atoms with Crippen molar-refractivity contribution in [2.45, 2.75) is 19.0 Å². The molecule has 0 bridgehead atoms. The van der Waals surface area contributed by atoms with Crippen molar-refractivity contribution in [1.29, 1.82) is 0 Å². The average Bonchev–Trinajstić information content (AvgIpc) is 2.53. The second kappa shape index (κ2) is 6.71. The van der Waals surface area contributed by atoms with Gasteiger partial charge in [0.2, 0.25) is 0 Å².